The molecule has 0 bridgehead atoms. The van der Waals surface area contributed by atoms with Crippen LogP contribution >= 0.6 is 24.8 Å². The summed E-state index contributed by atoms with van der Waals surface area (Å²) in [6.07, 6.45) is 1.07. The van der Waals surface area contributed by atoms with Crippen molar-refractivity contribution in [3.05, 3.63) is 24.0 Å². The summed E-state index contributed by atoms with van der Waals surface area (Å²) in [5.74, 6) is 1.46. The van der Waals surface area contributed by atoms with Crippen molar-refractivity contribution >= 4 is 24.8 Å². The van der Waals surface area contributed by atoms with Crippen LogP contribution in [0.4, 0.5) is 13.2 Å². The van der Waals surface area contributed by atoms with Crippen molar-refractivity contribution in [1.29, 1.82) is 0 Å². The van der Waals surface area contributed by atoms with Crippen molar-refractivity contribution in [1.82, 2.24) is 4.98 Å². The fraction of sp³-hybridized carbons (Fsp3) is 0.643. The standard InChI is InChI=1S/C14H19F3N2O.2ClH/c15-14(16,17)13-6-5-12(8-19-13)20-9-11-3-1-10(7-18)2-4-11;;/h5-6,8,10-11H,1-4,7,9,18H2;2*1H/t10-,11-;;. The molecule has 2 N–H and O–H groups in total. The van der Waals surface area contributed by atoms with Crippen LogP contribution in [0.2, 0.25) is 0 Å². The smallest absolute Gasteiger partial charge is 0.433 e. The maximum Gasteiger partial charge on any atom is 0.433 e. The molecule has 0 unspecified atom stereocenters. The van der Waals surface area contributed by atoms with Gasteiger partial charge in [0.05, 0.1) is 12.8 Å². The monoisotopic (exact) mass is 360 g/mol. The number of nitrogens with zero attached hydrogens (tertiary/aromatic N) is 1. The predicted molar refractivity (Wildman–Crippen MR) is 83.7 cm³/mol. The van der Waals surface area contributed by atoms with Gasteiger partial charge in [-0.1, -0.05) is 0 Å². The molecule has 1 aromatic heterocycles. The predicted octanol–water partition coefficient (Wildman–Crippen LogP) is 4.09. The first-order valence-electron chi connectivity index (χ1n) is 6.85. The van der Waals surface area contributed by atoms with E-state index in [0.29, 0.717) is 24.2 Å². The molecule has 128 valence electrons. The fourth-order valence-electron chi connectivity index (χ4n) is 2.48. The van der Waals surface area contributed by atoms with Gasteiger partial charge in [-0.15, -0.1) is 24.8 Å². The topological polar surface area (TPSA) is 48.1 Å². The molecule has 8 heteroatoms. The second kappa shape index (κ2) is 9.43. The van der Waals surface area contributed by atoms with Gasteiger partial charge in [-0.3, -0.25) is 0 Å². The summed E-state index contributed by atoms with van der Waals surface area (Å²) < 4.78 is 42.6. The van der Waals surface area contributed by atoms with Gasteiger partial charge in [0.15, 0.2) is 0 Å². The van der Waals surface area contributed by atoms with E-state index in [-0.39, 0.29) is 24.8 Å². The van der Waals surface area contributed by atoms with Crippen LogP contribution in [0.3, 0.4) is 0 Å². The highest BCUT2D eigenvalue weighted by Gasteiger charge is 2.32. The van der Waals surface area contributed by atoms with Gasteiger partial charge in [-0.25, -0.2) is 4.98 Å². The average Bonchev–Trinajstić information content (AvgIpc) is 2.45. The molecule has 0 saturated heterocycles. The number of hydrogen-bond donors (Lipinski definition) is 1. The number of ether oxygens (including phenoxy) is 1. The van der Waals surface area contributed by atoms with Gasteiger partial charge < -0.3 is 10.5 Å². The fourth-order valence-corrected chi connectivity index (χ4v) is 2.48. The van der Waals surface area contributed by atoms with E-state index >= 15 is 0 Å². The molecule has 0 aromatic carbocycles. The van der Waals surface area contributed by atoms with Gasteiger partial charge in [-0.2, -0.15) is 13.2 Å². The Balaban J connectivity index is 0.00000220. The van der Waals surface area contributed by atoms with Gasteiger partial charge in [0.2, 0.25) is 0 Å². The Bertz CT molecular complexity index is 421. The van der Waals surface area contributed by atoms with Gasteiger partial charge in [0, 0.05) is 0 Å². The molecule has 22 heavy (non-hydrogen) atoms. The Labute approximate surface area is 140 Å². The van der Waals surface area contributed by atoms with Gasteiger partial charge in [-0.05, 0) is 56.2 Å². The van der Waals surface area contributed by atoms with Crippen LogP contribution in [-0.4, -0.2) is 18.1 Å². The number of pyridine rings is 1. The molecule has 0 aliphatic heterocycles. The van der Waals surface area contributed by atoms with Crippen LogP contribution in [0.25, 0.3) is 0 Å². The second-order valence-corrected chi connectivity index (χ2v) is 5.31. The van der Waals surface area contributed by atoms with Crippen LogP contribution in [0.15, 0.2) is 18.3 Å². The largest absolute Gasteiger partial charge is 0.492 e. The summed E-state index contributed by atoms with van der Waals surface area (Å²) in [5.41, 5.74) is 4.74. The molecule has 3 nitrogen and oxygen atoms in total. The van der Waals surface area contributed by atoms with E-state index in [1.807, 2.05) is 0 Å². The third kappa shape index (κ3) is 6.18. The minimum absolute atomic E-state index is 0. The number of halogens is 5. The SMILES string of the molecule is Cl.Cl.NC[C@H]1CC[C@H](COc2ccc(C(F)(F)F)nc2)CC1. The van der Waals surface area contributed by atoms with Crippen LogP contribution in [-0.2, 0) is 6.18 Å². The first kappa shape index (κ1) is 21.3. The summed E-state index contributed by atoms with van der Waals surface area (Å²) in [6.45, 7) is 1.26. The number of rotatable bonds is 4. The zero-order chi connectivity index (χ0) is 14.6. The highest BCUT2D eigenvalue weighted by atomic mass is 35.5. The van der Waals surface area contributed by atoms with E-state index in [1.54, 1.807) is 0 Å². The molecule has 0 spiro atoms. The van der Waals surface area contributed by atoms with Crippen LogP contribution < -0.4 is 10.5 Å². The van der Waals surface area contributed by atoms with E-state index in [1.165, 1.54) is 6.07 Å². The van der Waals surface area contributed by atoms with E-state index in [2.05, 4.69) is 4.98 Å². The highest BCUT2D eigenvalue weighted by molar-refractivity contribution is 5.85. The maximum atomic E-state index is 12.4. The quantitative estimate of drug-likeness (QED) is 0.879. The van der Waals surface area contributed by atoms with Crippen molar-refractivity contribution in [2.75, 3.05) is 13.2 Å². The zero-order valence-corrected chi connectivity index (χ0v) is 13.6. The number of aromatic nitrogens is 1. The molecule has 1 heterocycles. The van der Waals surface area contributed by atoms with Gasteiger partial charge in [0.1, 0.15) is 11.4 Å². The molecule has 1 aromatic rings. The summed E-state index contributed by atoms with van der Waals surface area (Å²) in [5, 5.41) is 0. The molecular weight excluding hydrogens is 340 g/mol. The van der Waals surface area contributed by atoms with Crippen molar-refractivity contribution in [2.45, 2.75) is 31.9 Å². The van der Waals surface area contributed by atoms with Crippen molar-refractivity contribution in [2.24, 2.45) is 17.6 Å². The van der Waals surface area contributed by atoms with Gasteiger partial charge >= 0.3 is 6.18 Å². The summed E-state index contributed by atoms with van der Waals surface area (Å²) in [6, 6.07) is 2.27. The van der Waals surface area contributed by atoms with Crippen molar-refractivity contribution in [3.8, 4) is 5.75 Å². The van der Waals surface area contributed by atoms with Gasteiger partial charge in [0.25, 0.3) is 0 Å². The lowest BCUT2D eigenvalue weighted by atomic mass is 9.82. The molecule has 0 atom stereocenters. The molecular formula is C14H21Cl2F3N2O. The van der Waals surface area contributed by atoms with E-state index in [4.69, 9.17) is 10.5 Å². The lowest BCUT2D eigenvalue weighted by molar-refractivity contribution is -0.141. The first-order valence-corrected chi connectivity index (χ1v) is 6.85. The normalized spacial score (nSPS) is 21.5. The molecule has 1 saturated carbocycles. The Hall–Kier alpha value is -0.720. The van der Waals surface area contributed by atoms with E-state index in [0.717, 1.165) is 44.5 Å². The summed E-state index contributed by atoms with van der Waals surface area (Å²) >= 11 is 0. The average molecular weight is 361 g/mol. The Morgan fingerprint density at radius 2 is 1.68 bits per heavy atom. The van der Waals surface area contributed by atoms with E-state index in [9.17, 15) is 13.2 Å². The first-order chi connectivity index (χ1) is 9.49. The summed E-state index contributed by atoms with van der Waals surface area (Å²) in [7, 11) is 0. The van der Waals surface area contributed by atoms with E-state index < -0.39 is 11.9 Å². The Kier molecular flexibility index (Phi) is 9.12. The number of nitrogens with two attached hydrogens (primary N) is 1. The molecule has 1 aliphatic carbocycles. The molecule has 2 rings (SSSR count). The second-order valence-electron chi connectivity index (χ2n) is 5.31. The lowest BCUT2D eigenvalue weighted by Gasteiger charge is -2.27. The zero-order valence-electron chi connectivity index (χ0n) is 12.0. The number of alkyl halides is 3. The van der Waals surface area contributed by atoms with Crippen LogP contribution in [0.1, 0.15) is 31.4 Å². The van der Waals surface area contributed by atoms with Crippen molar-refractivity contribution in [3.63, 3.8) is 0 Å². The lowest BCUT2D eigenvalue weighted by Crippen LogP contribution is -2.24. The Morgan fingerprint density at radius 3 is 2.14 bits per heavy atom. The Morgan fingerprint density at radius 1 is 1.09 bits per heavy atom. The molecule has 1 aliphatic rings. The molecule has 0 radical (unpaired) electrons. The minimum Gasteiger partial charge on any atom is -0.492 e. The van der Waals surface area contributed by atoms with Crippen molar-refractivity contribution < 1.29 is 17.9 Å². The minimum atomic E-state index is -4.40. The summed E-state index contributed by atoms with van der Waals surface area (Å²) in [4.78, 5) is 3.37. The van der Waals surface area contributed by atoms with Crippen LogP contribution in [0, 0.1) is 11.8 Å². The molecule has 1 fully saturated rings. The number of hydrogen-bond acceptors (Lipinski definition) is 3. The highest BCUT2D eigenvalue weighted by Crippen LogP contribution is 2.30. The van der Waals surface area contributed by atoms with Crippen LogP contribution in [0.5, 0.6) is 5.75 Å². The maximum absolute atomic E-state index is 12.4. The molecule has 0 amide bonds. The third-order valence-electron chi connectivity index (χ3n) is 3.81. The third-order valence-corrected chi connectivity index (χ3v) is 3.81.